The van der Waals surface area contributed by atoms with E-state index in [1.54, 1.807) is 18.2 Å². The zero-order valence-electron chi connectivity index (χ0n) is 10.2. The van der Waals surface area contributed by atoms with Gasteiger partial charge in [-0.05, 0) is 51.0 Å². The van der Waals surface area contributed by atoms with Crippen LogP contribution >= 0.6 is 0 Å². The van der Waals surface area contributed by atoms with Crippen molar-refractivity contribution in [1.82, 2.24) is 0 Å². The summed E-state index contributed by atoms with van der Waals surface area (Å²) < 4.78 is 5.82. The minimum absolute atomic E-state index is 0.227. The van der Waals surface area contributed by atoms with Gasteiger partial charge in [0.25, 0.3) is 0 Å². The van der Waals surface area contributed by atoms with E-state index < -0.39 is 5.97 Å². The number of aromatic carboxylic acids is 1. The highest BCUT2D eigenvalue weighted by Crippen LogP contribution is 2.25. The fourth-order valence-electron chi connectivity index (χ4n) is 1.27. The van der Waals surface area contributed by atoms with Crippen LogP contribution in [0.15, 0.2) is 18.2 Å². The molecule has 0 aromatic heterocycles. The van der Waals surface area contributed by atoms with E-state index in [4.69, 9.17) is 9.84 Å². The molecule has 0 amide bonds. The Morgan fingerprint density at radius 3 is 2.50 bits per heavy atom. The van der Waals surface area contributed by atoms with Crippen LogP contribution in [0.1, 0.15) is 43.1 Å². The van der Waals surface area contributed by atoms with Crippen molar-refractivity contribution in [3.8, 4) is 5.75 Å². The molecule has 0 aliphatic heterocycles. The van der Waals surface area contributed by atoms with Crippen LogP contribution in [-0.2, 0) is 0 Å². The van der Waals surface area contributed by atoms with E-state index in [-0.39, 0.29) is 5.60 Å². The summed E-state index contributed by atoms with van der Waals surface area (Å²) in [5.74, 6) is -0.166. The van der Waals surface area contributed by atoms with Gasteiger partial charge >= 0.3 is 5.97 Å². The average molecular weight is 222 g/mol. The quantitative estimate of drug-likeness (QED) is 0.850. The van der Waals surface area contributed by atoms with Gasteiger partial charge < -0.3 is 9.84 Å². The van der Waals surface area contributed by atoms with E-state index >= 15 is 0 Å². The standard InChI is InChI=1S/C13H18O3/c1-5-13(3,4)16-11-7-6-10(12(14)15)8-9(11)2/h6-8H,5H2,1-4H3,(H,14,15). The molecule has 1 aromatic carbocycles. The number of carboxylic acid groups (broad SMARTS) is 1. The van der Waals surface area contributed by atoms with Crippen LogP contribution < -0.4 is 4.74 Å². The van der Waals surface area contributed by atoms with Gasteiger partial charge in [0.2, 0.25) is 0 Å². The highest BCUT2D eigenvalue weighted by Gasteiger charge is 2.18. The fraction of sp³-hybridized carbons (Fsp3) is 0.462. The maximum absolute atomic E-state index is 10.8. The van der Waals surface area contributed by atoms with Crippen molar-refractivity contribution in [3.63, 3.8) is 0 Å². The third-order valence-corrected chi connectivity index (χ3v) is 2.66. The summed E-state index contributed by atoms with van der Waals surface area (Å²) in [6, 6.07) is 4.91. The number of aryl methyl sites for hydroxylation is 1. The molecule has 3 nitrogen and oxygen atoms in total. The van der Waals surface area contributed by atoms with E-state index in [9.17, 15) is 4.79 Å². The second-order valence-corrected chi connectivity index (χ2v) is 4.50. The third kappa shape index (κ3) is 2.99. The molecule has 0 spiro atoms. The summed E-state index contributed by atoms with van der Waals surface area (Å²) in [7, 11) is 0. The van der Waals surface area contributed by atoms with E-state index in [0.717, 1.165) is 17.7 Å². The first-order chi connectivity index (χ1) is 7.35. The number of carboxylic acids is 1. The Bertz CT molecular complexity index is 394. The number of carbonyl (C=O) groups is 1. The zero-order valence-corrected chi connectivity index (χ0v) is 10.2. The first kappa shape index (κ1) is 12.6. The first-order valence-corrected chi connectivity index (χ1v) is 5.38. The lowest BCUT2D eigenvalue weighted by Crippen LogP contribution is -2.27. The molecule has 1 aromatic rings. The van der Waals surface area contributed by atoms with Crippen LogP contribution in [0.3, 0.4) is 0 Å². The molecule has 0 bridgehead atoms. The smallest absolute Gasteiger partial charge is 0.335 e. The van der Waals surface area contributed by atoms with Crippen molar-refractivity contribution in [2.45, 2.75) is 39.7 Å². The monoisotopic (exact) mass is 222 g/mol. The van der Waals surface area contributed by atoms with Crippen LogP contribution in [0.5, 0.6) is 5.75 Å². The molecule has 0 saturated heterocycles. The molecule has 0 saturated carbocycles. The topological polar surface area (TPSA) is 46.5 Å². The maximum Gasteiger partial charge on any atom is 0.335 e. The summed E-state index contributed by atoms with van der Waals surface area (Å²) in [5.41, 5.74) is 0.913. The Morgan fingerprint density at radius 2 is 2.06 bits per heavy atom. The molecule has 0 aliphatic carbocycles. The Morgan fingerprint density at radius 1 is 1.44 bits per heavy atom. The maximum atomic E-state index is 10.8. The highest BCUT2D eigenvalue weighted by atomic mass is 16.5. The van der Waals surface area contributed by atoms with Gasteiger partial charge in [-0.1, -0.05) is 6.92 Å². The van der Waals surface area contributed by atoms with Gasteiger partial charge in [0.1, 0.15) is 11.4 Å². The Labute approximate surface area is 96.1 Å². The predicted octanol–water partition coefficient (Wildman–Crippen LogP) is 3.26. The molecule has 0 heterocycles. The van der Waals surface area contributed by atoms with Crippen LogP contribution in [0, 0.1) is 6.92 Å². The average Bonchev–Trinajstić information content (AvgIpc) is 2.20. The zero-order chi connectivity index (χ0) is 12.3. The number of hydrogen-bond donors (Lipinski definition) is 1. The molecular weight excluding hydrogens is 204 g/mol. The van der Waals surface area contributed by atoms with Crippen LogP contribution in [0.25, 0.3) is 0 Å². The molecule has 0 unspecified atom stereocenters. The molecule has 0 radical (unpaired) electrons. The summed E-state index contributed by atoms with van der Waals surface area (Å²) in [6.07, 6.45) is 0.896. The van der Waals surface area contributed by atoms with Crippen molar-refractivity contribution < 1.29 is 14.6 Å². The van der Waals surface area contributed by atoms with E-state index in [1.807, 2.05) is 20.8 Å². The fourth-order valence-corrected chi connectivity index (χ4v) is 1.27. The van der Waals surface area contributed by atoms with Crippen molar-refractivity contribution in [3.05, 3.63) is 29.3 Å². The van der Waals surface area contributed by atoms with Gasteiger partial charge in [-0.15, -0.1) is 0 Å². The van der Waals surface area contributed by atoms with Gasteiger partial charge in [-0.3, -0.25) is 0 Å². The summed E-state index contributed by atoms with van der Waals surface area (Å²) in [4.78, 5) is 10.8. The normalized spacial score (nSPS) is 11.2. The van der Waals surface area contributed by atoms with Gasteiger partial charge in [0.15, 0.2) is 0 Å². The number of hydrogen-bond acceptors (Lipinski definition) is 2. The summed E-state index contributed by atoms with van der Waals surface area (Å²) in [6.45, 7) is 7.93. The predicted molar refractivity (Wildman–Crippen MR) is 63.1 cm³/mol. The SMILES string of the molecule is CCC(C)(C)Oc1ccc(C(=O)O)cc1C. The van der Waals surface area contributed by atoms with E-state index in [0.29, 0.717) is 5.56 Å². The third-order valence-electron chi connectivity index (χ3n) is 2.66. The second kappa shape index (κ2) is 4.56. The van der Waals surface area contributed by atoms with Gasteiger partial charge in [0, 0.05) is 0 Å². The molecule has 0 fully saturated rings. The largest absolute Gasteiger partial charge is 0.488 e. The lowest BCUT2D eigenvalue weighted by molar-refractivity contribution is 0.0696. The second-order valence-electron chi connectivity index (χ2n) is 4.50. The minimum Gasteiger partial charge on any atom is -0.488 e. The molecule has 3 heteroatoms. The Balaban J connectivity index is 2.96. The van der Waals surface area contributed by atoms with Crippen LogP contribution in [0.4, 0.5) is 0 Å². The van der Waals surface area contributed by atoms with Gasteiger partial charge in [0.05, 0.1) is 5.56 Å². The molecule has 0 atom stereocenters. The number of benzene rings is 1. The van der Waals surface area contributed by atoms with Crippen LogP contribution in [-0.4, -0.2) is 16.7 Å². The number of rotatable bonds is 4. The van der Waals surface area contributed by atoms with E-state index in [1.165, 1.54) is 0 Å². The lowest BCUT2D eigenvalue weighted by Gasteiger charge is -2.26. The molecular formula is C13H18O3. The lowest BCUT2D eigenvalue weighted by atomic mass is 10.1. The van der Waals surface area contributed by atoms with Crippen molar-refractivity contribution in [2.24, 2.45) is 0 Å². The molecule has 88 valence electrons. The highest BCUT2D eigenvalue weighted by molar-refractivity contribution is 5.88. The van der Waals surface area contributed by atoms with Gasteiger partial charge in [-0.2, -0.15) is 0 Å². The first-order valence-electron chi connectivity index (χ1n) is 5.38. The number of ether oxygens (including phenoxy) is 1. The molecule has 1 N–H and O–H groups in total. The Hall–Kier alpha value is -1.51. The van der Waals surface area contributed by atoms with Crippen molar-refractivity contribution in [1.29, 1.82) is 0 Å². The van der Waals surface area contributed by atoms with Crippen molar-refractivity contribution >= 4 is 5.97 Å². The van der Waals surface area contributed by atoms with Crippen molar-refractivity contribution in [2.75, 3.05) is 0 Å². The van der Waals surface area contributed by atoms with Crippen LogP contribution in [0.2, 0.25) is 0 Å². The van der Waals surface area contributed by atoms with Gasteiger partial charge in [-0.25, -0.2) is 4.79 Å². The molecule has 16 heavy (non-hydrogen) atoms. The Kier molecular flexibility index (Phi) is 3.58. The molecule has 0 aliphatic rings. The van der Waals surface area contributed by atoms with E-state index in [2.05, 4.69) is 6.92 Å². The summed E-state index contributed by atoms with van der Waals surface area (Å²) in [5, 5.41) is 8.84. The minimum atomic E-state index is -0.913. The molecule has 1 rings (SSSR count). The summed E-state index contributed by atoms with van der Waals surface area (Å²) >= 11 is 0.